The Morgan fingerprint density at radius 3 is 2.35 bits per heavy atom. The van der Waals surface area contributed by atoms with Crippen molar-refractivity contribution >= 4 is 11.8 Å². The predicted molar refractivity (Wildman–Crippen MR) is 67.4 cm³/mol. The van der Waals surface area contributed by atoms with Crippen molar-refractivity contribution in [2.75, 3.05) is 13.1 Å². The molecular weight excluding hydrogens is 216 g/mol. The van der Waals surface area contributed by atoms with Crippen molar-refractivity contribution in [1.29, 1.82) is 0 Å². The SMILES string of the molecule is CC(CN1CC(=O)NC(C)(C)C1=O)C(C)(C)C. The molecule has 0 aliphatic carbocycles. The van der Waals surface area contributed by atoms with Crippen LogP contribution in [0.2, 0.25) is 0 Å². The average Bonchev–Trinajstić information content (AvgIpc) is 2.10. The molecule has 0 aromatic heterocycles. The van der Waals surface area contributed by atoms with Crippen molar-refractivity contribution in [3.05, 3.63) is 0 Å². The predicted octanol–water partition coefficient (Wildman–Crippen LogP) is 1.41. The molecule has 1 unspecified atom stereocenters. The quantitative estimate of drug-likeness (QED) is 0.793. The molecule has 1 N–H and O–H groups in total. The van der Waals surface area contributed by atoms with Crippen molar-refractivity contribution < 1.29 is 9.59 Å². The van der Waals surface area contributed by atoms with E-state index in [-0.39, 0.29) is 23.8 Å². The van der Waals surface area contributed by atoms with Crippen LogP contribution in [0.3, 0.4) is 0 Å². The molecule has 1 atom stereocenters. The number of nitrogens with one attached hydrogen (secondary N) is 1. The number of piperazine rings is 1. The van der Waals surface area contributed by atoms with Gasteiger partial charge in [-0.05, 0) is 25.2 Å². The van der Waals surface area contributed by atoms with Crippen LogP contribution >= 0.6 is 0 Å². The third kappa shape index (κ3) is 3.20. The van der Waals surface area contributed by atoms with E-state index in [1.807, 2.05) is 0 Å². The molecule has 1 rings (SSSR count). The number of nitrogens with zero attached hydrogens (tertiary/aromatic N) is 1. The molecule has 1 aliphatic heterocycles. The summed E-state index contributed by atoms with van der Waals surface area (Å²) in [6.07, 6.45) is 0. The van der Waals surface area contributed by atoms with E-state index in [0.29, 0.717) is 12.5 Å². The molecule has 0 saturated carbocycles. The molecule has 98 valence electrons. The Labute approximate surface area is 104 Å². The van der Waals surface area contributed by atoms with Crippen molar-refractivity contribution in [3.63, 3.8) is 0 Å². The molecule has 0 spiro atoms. The highest BCUT2D eigenvalue weighted by Gasteiger charge is 2.40. The first-order valence-electron chi connectivity index (χ1n) is 6.14. The highest BCUT2D eigenvalue weighted by atomic mass is 16.2. The first-order chi connectivity index (χ1) is 7.54. The molecule has 4 heteroatoms. The van der Waals surface area contributed by atoms with Crippen LogP contribution in [0.15, 0.2) is 0 Å². The summed E-state index contributed by atoms with van der Waals surface area (Å²) < 4.78 is 0. The summed E-state index contributed by atoms with van der Waals surface area (Å²) in [7, 11) is 0. The fourth-order valence-electron chi connectivity index (χ4n) is 1.83. The summed E-state index contributed by atoms with van der Waals surface area (Å²) >= 11 is 0. The minimum absolute atomic E-state index is 0.00759. The summed E-state index contributed by atoms with van der Waals surface area (Å²) in [4.78, 5) is 25.4. The molecule has 1 heterocycles. The second-order valence-corrected chi connectivity index (χ2v) is 6.63. The number of amides is 2. The Kier molecular flexibility index (Phi) is 3.55. The van der Waals surface area contributed by atoms with Gasteiger partial charge in [0, 0.05) is 6.54 Å². The fourth-order valence-corrected chi connectivity index (χ4v) is 1.83. The molecule has 0 radical (unpaired) electrons. The minimum atomic E-state index is -0.771. The highest BCUT2D eigenvalue weighted by molar-refractivity contribution is 5.97. The second kappa shape index (κ2) is 4.31. The summed E-state index contributed by atoms with van der Waals surface area (Å²) in [6.45, 7) is 12.9. The molecule has 0 aromatic rings. The maximum atomic E-state index is 12.2. The monoisotopic (exact) mass is 240 g/mol. The van der Waals surface area contributed by atoms with E-state index >= 15 is 0 Å². The summed E-state index contributed by atoms with van der Waals surface area (Å²) in [5, 5.41) is 2.72. The van der Waals surface area contributed by atoms with E-state index in [2.05, 4.69) is 33.0 Å². The molecule has 1 fully saturated rings. The maximum absolute atomic E-state index is 12.2. The molecular formula is C13H24N2O2. The van der Waals surface area contributed by atoms with Crippen molar-refractivity contribution in [2.45, 2.75) is 47.1 Å². The van der Waals surface area contributed by atoms with Gasteiger partial charge in [0.1, 0.15) is 5.54 Å². The van der Waals surface area contributed by atoms with Crippen LogP contribution in [0, 0.1) is 11.3 Å². The van der Waals surface area contributed by atoms with E-state index < -0.39 is 5.54 Å². The lowest BCUT2D eigenvalue weighted by atomic mass is 9.81. The number of hydrogen-bond acceptors (Lipinski definition) is 2. The van der Waals surface area contributed by atoms with E-state index in [1.54, 1.807) is 18.7 Å². The molecule has 1 saturated heterocycles. The zero-order chi connectivity index (χ0) is 13.4. The van der Waals surface area contributed by atoms with E-state index in [0.717, 1.165) is 0 Å². The van der Waals surface area contributed by atoms with Crippen molar-refractivity contribution in [2.24, 2.45) is 11.3 Å². The second-order valence-electron chi connectivity index (χ2n) is 6.63. The average molecular weight is 240 g/mol. The maximum Gasteiger partial charge on any atom is 0.248 e. The number of rotatable bonds is 2. The summed E-state index contributed by atoms with van der Waals surface area (Å²) in [5.41, 5.74) is -0.634. The number of hydrogen-bond donors (Lipinski definition) is 1. The Hall–Kier alpha value is -1.06. The van der Waals surface area contributed by atoms with Crippen LogP contribution in [-0.2, 0) is 9.59 Å². The van der Waals surface area contributed by atoms with E-state index in [4.69, 9.17) is 0 Å². The lowest BCUT2D eigenvalue weighted by Crippen LogP contribution is -2.64. The van der Waals surface area contributed by atoms with Gasteiger partial charge in [0.2, 0.25) is 11.8 Å². The van der Waals surface area contributed by atoms with Gasteiger partial charge in [0.05, 0.1) is 6.54 Å². The summed E-state index contributed by atoms with van der Waals surface area (Å²) in [6, 6.07) is 0. The van der Waals surface area contributed by atoms with Crippen LogP contribution in [0.1, 0.15) is 41.5 Å². The van der Waals surface area contributed by atoms with Gasteiger partial charge in [-0.3, -0.25) is 9.59 Å². The molecule has 2 amide bonds. The first kappa shape index (κ1) is 14.0. The topological polar surface area (TPSA) is 49.4 Å². The largest absolute Gasteiger partial charge is 0.341 e. The minimum Gasteiger partial charge on any atom is -0.341 e. The molecule has 0 bridgehead atoms. The third-order valence-electron chi connectivity index (χ3n) is 3.58. The van der Waals surface area contributed by atoms with Crippen molar-refractivity contribution in [1.82, 2.24) is 10.2 Å². The van der Waals surface area contributed by atoms with E-state index in [9.17, 15) is 9.59 Å². The van der Waals surface area contributed by atoms with Crippen LogP contribution in [0.4, 0.5) is 0 Å². The zero-order valence-electron chi connectivity index (χ0n) is 11.8. The standard InChI is InChI=1S/C13H24N2O2/c1-9(12(2,3)4)7-15-8-10(16)14-13(5,6)11(15)17/h9H,7-8H2,1-6H3,(H,14,16). The van der Waals surface area contributed by atoms with Gasteiger partial charge < -0.3 is 10.2 Å². The summed E-state index contributed by atoms with van der Waals surface area (Å²) in [5.74, 6) is 0.289. The number of carbonyl (C=O) groups excluding carboxylic acids is 2. The molecule has 17 heavy (non-hydrogen) atoms. The van der Waals surface area contributed by atoms with Gasteiger partial charge in [-0.15, -0.1) is 0 Å². The Bertz CT molecular complexity index is 329. The smallest absolute Gasteiger partial charge is 0.248 e. The van der Waals surface area contributed by atoms with Gasteiger partial charge in [-0.1, -0.05) is 27.7 Å². The highest BCUT2D eigenvalue weighted by Crippen LogP contribution is 2.27. The Morgan fingerprint density at radius 1 is 1.35 bits per heavy atom. The van der Waals surface area contributed by atoms with Crippen LogP contribution < -0.4 is 5.32 Å². The molecule has 0 aromatic carbocycles. The van der Waals surface area contributed by atoms with Gasteiger partial charge >= 0.3 is 0 Å². The van der Waals surface area contributed by atoms with Gasteiger partial charge in [0.15, 0.2) is 0 Å². The van der Waals surface area contributed by atoms with Crippen LogP contribution in [0.5, 0.6) is 0 Å². The lowest BCUT2D eigenvalue weighted by molar-refractivity contribution is -0.149. The Morgan fingerprint density at radius 2 is 1.88 bits per heavy atom. The van der Waals surface area contributed by atoms with Crippen LogP contribution in [0.25, 0.3) is 0 Å². The molecule has 1 aliphatic rings. The third-order valence-corrected chi connectivity index (χ3v) is 3.58. The Balaban J connectivity index is 2.77. The van der Waals surface area contributed by atoms with Crippen LogP contribution in [-0.4, -0.2) is 35.3 Å². The normalized spacial score (nSPS) is 22.4. The van der Waals surface area contributed by atoms with Gasteiger partial charge in [0.25, 0.3) is 0 Å². The number of carbonyl (C=O) groups is 2. The van der Waals surface area contributed by atoms with Gasteiger partial charge in [-0.25, -0.2) is 0 Å². The molecule has 4 nitrogen and oxygen atoms in total. The van der Waals surface area contributed by atoms with Crippen molar-refractivity contribution in [3.8, 4) is 0 Å². The van der Waals surface area contributed by atoms with Gasteiger partial charge in [-0.2, -0.15) is 0 Å². The lowest BCUT2D eigenvalue weighted by Gasteiger charge is -2.40. The first-order valence-corrected chi connectivity index (χ1v) is 6.14. The fraction of sp³-hybridized carbons (Fsp3) is 0.846. The van der Waals surface area contributed by atoms with E-state index in [1.165, 1.54) is 0 Å². The zero-order valence-corrected chi connectivity index (χ0v) is 11.8.